The Morgan fingerprint density at radius 1 is 1.28 bits per heavy atom. The number of likely N-dealkylation sites (N-methyl/N-ethyl adjacent to an activating group) is 1. The van der Waals surface area contributed by atoms with Crippen LogP contribution in [0.3, 0.4) is 0 Å². The number of nitrogens with zero attached hydrogens (tertiary/aromatic N) is 1. The molecule has 1 aliphatic rings. The van der Waals surface area contributed by atoms with Crippen LogP contribution in [0.4, 0.5) is 0 Å². The molecule has 2 rings (SSSR count). The molecule has 1 fully saturated rings. The van der Waals surface area contributed by atoms with Crippen LogP contribution in [0.5, 0.6) is 0 Å². The third-order valence-electron chi connectivity index (χ3n) is 4.53. The van der Waals surface area contributed by atoms with E-state index in [1.807, 2.05) is 6.07 Å². The predicted octanol–water partition coefficient (Wildman–Crippen LogP) is 2.08. The first-order valence-electron chi connectivity index (χ1n) is 8.77. The van der Waals surface area contributed by atoms with Gasteiger partial charge in [0.15, 0.2) is 0 Å². The number of benzene rings is 1. The summed E-state index contributed by atoms with van der Waals surface area (Å²) in [4.78, 5) is 12.6. The summed E-state index contributed by atoms with van der Waals surface area (Å²) in [5, 5.41) is 2.83. The van der Waals surface area contributed by atoms with E-state index in [1.54, 1.807) is 24.3 Å². The molecule has 1 saturated carbocycles. The number of hydrogen-bond acceptors (Lipinski definition) is 4. The molecule has 1 aromatic carbocycles. The molecule has 0 heterocycles. The van der Waals surface area contributed by atoms with E-state index in [4.69, 9.17) is 4.74 Å². The zero-order valence-corrected chi connectivity index (χ0v) is 15.8. The molecule has 0 aromatic heterocycles. The maximum absolute atomic E-state index is 12.6. The highest BCUT2D eigenvalue weighted by atomic mass is 32.2. The van der Waals surface area contributed by atoms with Gasteiger partial charge in [-0.2, -0.15) is 4.31 Å². The first-order valence-corrected chi connectivity index (χ1v) is 10.6. The molecule has 0 saturated heterocycles. The van der Waals surface area contributed by atoms with Crippen molar-refractivity contribution in [1.82, 2.24) is 9.62 Å². The van der Waals surface area contributed by atoms with E-state index in [0.717, 1.165) is 23.4 Å². The molecule has 1 amide bonds. The Kier molecular flexibility index (Phi) is 7.40. The first-order chi connectivity index (χ1) is 11.9. The maximum atomic E-state index is 12.6. The average Bonchev–Trinajstić information content (AvgIpc) is 3.08. The normalized spacial score (nSPS) is 16.9. The molecule has 25 heavy (non-hydrogen) atoms. The Labute approximate surface area is 150 Å². The van der Waals surface area contributed by atoms with Gasteiger partial charge < -0.3 is 10.1 Å². The van der Waals surface area contributed by atoms with Gasteiger partial charge in [0.25, 0.3) is 0 Å². The molecule has 1 N–H and O–H groups in total. The summed E-state index contributed by atoms with van der Waals surface area (Å²) in [5.41, 5.74) is 0.648. The Bertz CT molecular complexity index is 642. The van der Waals surface area contributed by atoms with Crippen molar-refractivity contribution >= 4 is 15.9 Å². The van der Waals surface area contributed by atoms with Gasteiger partial charge in [-0.15, -0.1) is 0 Å². The Morgan fingerprint density at radius 2 is 1.92 bits per heavy atom. The lowest BCUT2D eigenvalue weighted by molar-refractivity contribution is -0.124. The molecule has 1 aromatic rings. The summed E-state index contributed by atoms with van der Waals surface area (Å²) in [6, 6.07) is 8.07. The summed E-state index contributed by atoms with van der Waals surface area (Å²) in [6.07, 6.45) is 6.90. The number of rotatable bonds is 9. The van der Waals surface area contributed by atoms with Gasteiger partial charge in [0.1, 0.15) is 6.04 Å². The van der Waals surface area contributed by atoms with Gasteiger partial charge in [-0.25, -0.2) is 8.42 Å². The van der Waals surface area contributed by atoms with Crippen molar-refractivity contribution in [3.05, 3.63) is 35.9 Å². The van der Waals surface area contributed by atoms with E-state index in [2.05, 4.69) is 5.32 Å². The quantitative estimate of drug-likeness (QED) is 0.677. The van der Waals surface area contributed by atoms with Crippen molar-refractivity contribution in [2.24, 2.45) is 0 Å². The summed E-state index contributed by atoms with van der Waals surface area (Å²) < 4.78 is 30.7. The van der Waals surface area contributed by atoms with E-state index < -0.39 is 16.1 Å². The molecular formula is C18H28N2O4S. The molecular weight excluding hydrogens is 340 g/mol. The van der Waals surface area contributed by atoms with Crippen LogP contribution in [0, 0.1) is 0 Å². The third-order valence-corrected chi connectivity index (χ3v) is 5.78. The van der Waals surface area contributed by atoms with Crippen LogP contribution in [-0.2, 0) is 19.6 Å². The van der Waals surface area contributed by atoms with Crippen LogP contribution in [-0.4, -0.2) is 51.2 Å². The molecule has 6 nitrogen and oxygen atoms in total. The van der Waals surface area contributed by atoms with Gasteiger partial charge in [0.2, 0.25) is 15.9 Å². The second kappa shape index (κ2) is 9.31. The van der Waals surface area contributed by atoms with Gasteiger partial charge in [-0.05, 0) is 24.8 Å². The Balaban J connectivity index is 1.89. The lowest BCUT2D eigenvalue weighted by atomic mass is 10.1. The zero-order valence-electron chi connectivity index (χ0n) is 15.0. The summed E-state index contributed by atoms with van der Waals surface area (Å²) in [5.74, 6) is -0.319. The number of amides is 1. The number of sulfonamides is 1. The number of nitrogens with one attached hydrogen (secondary N) is 1. The van der Waals surface area contributed by atoms with Crippen LogP contribution >= 0.6 is 0 Å². The molecule has 140 valence electrons. The monoisotopic (exact) mass is 368 g/mol. The van der Waals surface area contributed by atoms with Gasteiger partial charge in [-0.3, -0.25) is 4.79 Å². The molecule has 0 bridgehead atoms. The van der Waals surface area contributed by atoms with Crippen LogP contribution < -0.4 is 5.32 Å². The predicted molar refractivity (Wildman–Crippen MR) is 97.6 cm³/mol. The minimum Gasteiger partial charge on any atom is -0.378 e. The first kappa shape index (κ1) is 19.9. The lowest BCUT2D eigenvalue weighted by Gasteiger charge is -2.25. The topological polar surface area (TPSA) is 75.7 Å². The Morgan fingerprint density at radius 3 is 2.52 bits per heavy atom. The van der Waals surface area contributed by atoms with Crippen LogP contribution in [0.15, 0.2) is 30.3 Å². The highest BCUT2D eigenvalue weighted by Gasteiger charge is 2.30. The maximum Gasteiger partial charge on any atom is 0.242 e. The van der Waals surface area contributed by atoms with E-state index >= 15 is 0 Å². The molecule has 1 atom stereocenters. The fraction of sp³-hybridized carbons (Fsp3) is 0.611. The number of carbonyl (C=O) groups is 1. The number of ether oxygens (including phenoxy) is 1. The smallest absolute Gasteiger partial charge is 0.242 e. The highest BCUT2D eigenvalue weighted by Crippen LogP contribution is 2.22. The average molecular weight is 368 g/mol. The Hall–Kier alpha value is -1.44. The second-order valence-corrected chi connectivity index (χ2v) is 8.56. The molecule has 0 radical (unpaired) electrons. The van der Waals surface area contributed by atoms with E-state index in [1.165, 1.54) is 19.9 Å². The second-order valence-electron chi connectivity index (χ2n) is 6.51. The standard InChI is InChI=1S/C18H28N2O4S/c1-20(25(2,22)23)17(15-9-4-3-5-10-15)18(21)19-13-8-14-24-16-11-6-7-12-16/h3-5,9-10,16-17H,6-8,11-14H2,1-2H3,(H,19,21)/t17-/m1/s1. The fourth-order valence-corrected chi connectivity index (χ4v) is 3.64. The molecule has 0 spiro atoms. The van der Waals surface area contributed by atoms with Crippen molar-refractivity contribution in [2.75, 3.05) is 26.5 Å². The van der Waals surface area contributed by atoms with E-state index in [-0.39, 0.29) is 5.91 Å². The number of hydrogen-bond donors (Lipinski definition) is 1. The number of carbonyl (C=O) groups excluding carboxylic acids is 1. The molecule has 1 aliphatic carbocycles. The summed E-state index contributed by atoms with van der Waals surface area (Å²) in [6.45, 7) is 1.08. The zero-order chi connectivity index (χ0) is 18.3. The fourth-order valence-electron chi connectivity index (χ4n) is 3.04. The molecule has 0 aliphatic heterocycles. The minimum atomic E-state index is -3.49. The van der Waals surface area contributed by atoms with Crippen molar-refractivity contribution in [3.8, 4) is 0 Å². The van der Waals surface area contributed by atoms with E-state index in [0.29, 0.717) is 31.2 Å². The van der Waals surface area contributed by atoms with Gasteiger partial charge in [0, 0.05) is 20.2 Å². The van der Waals surface area contributed by atoms with Crippen molar-refractivity contribution in [1.29, 1.82) is 0 Å². The van der Waals surface area contributed by atoms with Gasteiger partial charge in [-0.1, -0.05) is 43.2 Å². The highest BCUT2D eigenvalue weighted by molar-refractivity contribution is 7.88. The largest absolute Gasteiger partial charge is 0.378 e. The molecule has 0 unspecified atom stereocenters. The minimum absolute atomic E-state index is 0.319. The third kappa shape index (κ3) is 6.09. The van der Waals surface area contributed by atoms with Crippen LogP contribution in [0.2, 0.25) is 0 Å². The van der Waals surface area contributed by atoms with Crippen LogP contribution in [0.25, 0.3) is 0 Å². The van der Waals surface area contributed by atoms with Crippen molar-refractivity contribution < 1.29 is 17.9 Å². The van der Waals surface area contributed by atoms with Gasteiger partial charge in [0.05, 0.1) is 12.4 Å². The lowest BCUT2D eigenvalue weighted by Crippen LogP contribution is -2.41. The van der Waals surface area contributed by atoms with Crippen LogP contribution in [0.1, 0.15) is 43.7 Å². The SMILES string of the molecule is CN([C@@H](C(=O)NCCCOC1CCCC1)c1ccccc1)S(C)(=O)=O. The molecule has 7 heteroatoms. The van der Waals surface area contributed by atoms with Gasteiger partial charge >= 0.3 is 0 Å². The summed E-state index contributed by atoms with van der Waals surface area (Å²) in [7, 11) is -2.07. The van der Waals surface area contributed by atoms with Crippen molar-refractivity contribution in [3.63, 3.8) is 0 Å². The summed E-state index contributed by atoms with van der Waals surface area (Å²) >= 11 is 0. The van der Waals surface area contributed by atoms with Crippen molar-refractivity contribution in [2.45, 2.75) is 44.2 Å². The van der Waals surface area contributed by atoms with E-state index in [9.17, 15) is 13.2 Å².